The van der Waals surface area contributed by atoms with Gasteiger partial charge in [0.1, 0.15) is 0 Å². The van der Waals surface area contributed by atoms with E-state index in [1.54, 1.807) is 7.05 Å². The highest BCUT2D eigenvalue weighted by Gasteiger charge is 2.20. The van der Waals surface area contributed by atoms with Crippen LogP contribution in [0.3, 0.4) is 0 Å². The van der Waals surface area contributed by atoms with Crippen LogP contribution < -0.4 is 5.32 Å². The Morgan fingerprint density at radius 3 is 2.61 bits per heavy atom. The normalized spacial score (nSPS) is 14.4. The molecular formula is C20H20N6O4S. The highest BCUT2D eigenvalue weighted by molar-refractivity contribution is 7.99. The first-order valence-corrected chi connectivity index (χ1v) is 10.5. The summed E-state index contributed by atoms with van der Waals surface area (Å²) in [6.45, 7) is 1.52. The molecule has 1 amide bonds. The van der Waals surface area contributed by atoms with Crippen molar-refractivity contribution in [3.05, 3.63) is 63.7 Å². The number of nitro groups is 1. The molecule has 1 saturated heterocycles. The second-order valence-electron chi connectivity index (χ2n) is 7.09. The molecule has 160 valence electrons. The van der Waals surface area contributed by atoms with Gasteiger partial charge in [0.05, 0.1) is 10.5 Å². The van der Waals surface area contributed by atoms with Crippen LogP contribution in [-0.2, 0) is 11.8 Å². The Labute approximate surface area is 182 Å². The van der Waals surface area contributed by atoms with Gasteiger partial charge in [0.2, 0.25) is 5.16 Å². The number of amides is 1. The zero-order chi connectivity index (χ0) is 21.8. The van der Waals surface area contributed by atoms with Crippen molar-refractivity contribution in [2.45, 2.75) is 28.8 Å². The van der Waals surface area contributed by atoms with Gasteiger partial charge in [-0.05, 0) is 64.7 Å². The van der Waals surface area contributed by atoms with Gasteiger partial charge < -0.3 is 10.1 Å². The van der Waals surface area contributed by atoms with Crippen molar-refractivity contribution >= 4 is 29.0 Å². The molecule has 31 heavy (non-hydrogen) atoms. The summed E-state index contributed by atoms with van der Waals surface area (Å²) in [6, 6.07) is 11.8. The van der Waals surface area contributed by atoms with E-state index in [-0.39, 0.29) is 11.3 Å². The summed E-state index contributed by atoms with van der Waals surface area (Å²) in [7, 11) is 1.67. The third kappa shape index (κ3) is 4.89. The number of nitrogens with zero attached hydrogens (tertiary/aromatic N) is 5. The SMILES string of the molecule is Cn1nnnc1Sc1ccc([N+](=O)[O-])cc1C(=O)Nc1ccc(C2CCOCC2)cc1. The highest BCUT2D eigenvalue weighted by atomic mass is 32.2. The molecule has 0 spiro atoms. The summed E-state index contributed by atoms with van der Waals surface area (Å²) in [6.07, 6.45) is 1.97. The number of carbonyl (C=O) groups is 1. The number of carbonyl (C=O) groups excluding carboxylic acids is 1. The van der Waals surface area contributed by atoms with Crippen LogP contribution in [0.5, 0.6) is 0 Å². The van der Waals surface area contributed by atoms with Gasteiger partial charge in [0, 0.05) is 43.0 Å². The van der Waals surface area contributed by atoms with E-state index in [1.807, 2.05) is 24.3 Å². The smallest absolute Gasteiger partial charge is 0.270 e. The zero-order valence-electron chi connectivity index (χ0n) is 16.7. The fourth-order valence-electron chi connectivity index (χ4n) is 3.37. The molecule has 0 atom stereocenters. The maximum Gasteiger partial charge on any atom is 0.270 e. The lowest BCUT2D eigenvalue weighted by molar-refractivity contribution is -0.384. The fourth-order valence-corrected chi connectivity index (χ4v) is 4.21. The molecule has 1 aliphatic heterocycles. The lowest BCUT2D eigenvalue weighted by atomic mass is 9.92. The summed E-state index contributed by atoms with van der Waals surface area (Å²) in [4.78, 5) is 24.2. The van der Waals surface area contributed by atoms with E-state index in [2.05, 4.69) is 20.8 Å². The molecule has 3 aromatic rings. The van der Waals surface area contributed by atoms with Crippen LogP contribution in [0.1, 0.15) is 34.7 Å². The Hall–Kier alpha value is -3.31. The Bertz CT molecular complexity index is 1100. The highest BCUT2D eigenvalue weighted by Crippen LogP contribution is 2.32. The van der Waals surface area contributed by atoms with Gasteiger partial charge in [0.25, 0.3) is 11.6 Å². The molecular weight excluding hydrogens is 420 g/mol. The molecule has 0 aliphatic carbocycles. The third-order valence-electron chi connectivity index (χ3n) is 5.06. The van der Waals surface area contributed by atoms with Crippen LogP contribution in [0, 0.1) is 10.1 Å². The van der Waals surface area contributed by atoms with Crippen LogP contribution in [0.15, 0.2) is 52.5 Å². The maximum absolute atomic E-state index is 13.0. The first kappa shape index (κ1) is 20.9. The lowest BCUT2D eigenvalue weighted by Gasteiger charge is -2.22. The van der Waals surface area contributed by atoms with Crippen molar-refractivity contribution in [3.8, 4) is 0 Å². The van der Waals surface area contributed by atoms with Crippen LogP contribution in [-0.4, -0.2) is 44.3 Å². The predicted molar refractivity (Wildman–Crippen MR) is 113 cm³/mol. The molecule has 2 aromatic carbocycles. The first-order valence-electron chi connectivity index (χ1n) is 9.69. The number of tetrazole rings is 1. The summed E-state index contributed by atoms with van der Waals surface area (Å²) in [5, 5.41) is 25.8. The topological polar surface area (TPSA) is 125 Å². The van der Waals surface area contributed by atoms with E-state index < -0.39 is 10.8 Å². The molecule has 10 nitrogen and oxygen atoms in total. The Balaban J connectivity index is 1.55. The number of ether oxygens (including phenoxy) is 1. The van der Waals surface area contributed by atoms with Crippen LogP contribution >= 0.6 is 11.8 Å². The number of rotatable bonds is 6. The fraction of sp³-hybridized carbons (Fsp3) is 0.300. The number of nitro benzene ring substituents is 1. The average Bonchev–Trinajstić information content (AvgIpc) is 3.19. The minimum Gasteiger partial charge on any atom is -0.381 e. The van der Waals surface area contributed by atoms with Crippen LogP contribution in [0.25, 0.3) is 0 Å². The molecule has 1 N–H and O–H groups in total. The van der Waals surface area contributed by atoms with Crippen molar-refractivity contribution < 1.29 is 14.5 Å². The largest absolute Gasteiger partial charge is 0.381 e. The molecule has 2 heterocycles. The van der Waals surface area contributed by atoms with Crippen molar-refractivity contribution in [3.63, 3.8) is 0 Å². The molecule has 0 saturated carbocycles. The molecule has 4 rings (SSSR count). The lowest BCUT2D eigenvalue weighted by Crippen LogP contribution is -2.15. The minimum absolute atomic E-state index is 0.166. The molecule has 0 unspecified atom stereocenters. The number of hydrogen-bond donors (Lipinski definition) is 1. The molecule has 0 radical (unpaired) electrons. The quantitative estimate of drug-likeness (QED) is 0.457. The van der Waals surface area contributed by atoms with E-state index in [0.717, 1.165) is 37.8 Å². The molecule has 1 aromatic heterocycles. The van der Waals surface area contributed by atoms with Gasteiger partial charge in [-0.1, -0.05) is 12.1 Å². The van der Waals surface area contributed by atoms with E-state index in [9.17, 15) is 14.9 Å². The van der Waals surface area contributed by atoms with Gasteiger partial charge >= 0.3 is 0 Å². The monoisotopic (exact) mass is 440 g/mol. The van der Waals surface area contributed by atoms with E-state index in [4.69, 9.17) is 4.74 Å². The van der Waals surface area contributed by atoms with Crippen molar-refractivity contribution in [1.82, 2.24) is 20.2 Å². The second kappa shape index (κ2) is 9.23. The van der Waals surface area contributed by atoms with Crippen molar-refractivity contribution in [2.24, 2.45) is 7.05 Å². The Kier molecular flexibility index (Phi) is 6.23. The number of non-ortho nitro benzene ring substituents is 1. The number of aromatic nitrogens is 4. The number of nitrogens with one attached hydrogen (secondary N) is 1. The van der Waals surface area contributed by atoms with Gasteiger partial charge in [-0.25, -0.2) is 4.68 Å². The van der Waals surface area contributed by atoms with E-state index in [0.29, 0.717) is 21.7 Å². The number of hydrogen-bond acceptors (Lipinski definition) is 8. The van der Waals surface area contributed by atoms with Gasteiger partial charge in [-0.15, -0.1) is 5.10 Å². The standard InChI is InChI=1S/C20H20N6O4S/c1-25-20(22-23-24-25)31-18-7-6-16(26(28)29)12-17(18)19(27)21-15-4-2-13(3-5-15)14-8-10-30-11-9-14/h2-7,12,14H,8-11H2,1H3,(H,21,27). The Morgan fingerprint density at radius 2 is 1.97 bits per heavy atom. The van der Waals surface area contributed by atoms with E-state index >= 15 is 0 Å². The van der Waals surface area contributed by atoms with Crippen LogP contribution in [0.2, 0.25) is 0 Å². The van der Waals surface area contributed by atoms with E-state index in [1.165, 1.54) is 28.4 Å². The number of aryl methyl sites for hydroxylation is 1. The Morgan fingerprint density at radius 1 is 1.23 bits per heavy atom. The van der Waals surface area contributed by atoms with Gasteiger partial charge in [-0.3, -0.25) is 14.9 Å². The number of benzene rings is 2. The average molecular weight is 440 g/mol. The van der Waals surface area contributed by atoms with Gasteiger partial charge in [0.15, 0.2) is 0 Å². The molecule has 0 bridgehead atoms. The minimum atomic E-state index is -0.530. The zero-order valence-corrected chi connectivity index (χ0v) is 17.5. The van der Waals surface area contributed by atoms with Crippen molar-refractivity contribution in [2.75, 3.05) is 18.5 Å². The molecule has 1 aliphatic rings. The number of anilines is 1. The second-order valence-corrected chi connectivity index (χ2v) is 8.10. The maximum atomic E-state index is 13.0. The summed E-state index contributed by atoms with van der Waals surface area (Å²) < 4.78 is 6.87. The summed E-state index contributed by atoms with van der Waals surface area (Å²) in [5.74, 6) is 0.0124. The third-order valence-corrected chi connectivity index (χ3v) is 6.17. The van der Waals surface area contributed by atoms with Gasteiger partial charge in [-0.2, -0.15) is 0 Å². The molecule has 11 heteroatoms. The first-order chi connectivity index (χ1) is 15.0. The molecule has 1 fully saturated rings. The van der Waals surface area contributed by atoms with Crippen molar-refractivity contribution in [1.29, 1.82) is 0 Å². The van der Waals surface area contributed by atoms with Crippen LogP contribution in [0.4, 0.5) is 11.4 Å². The summed E-state index contributed by atoms with van der Waals surface area (Å²) in [5.41, 5.74) is 1.84. The summed E-state index contributed by atoms with van der Waals surface area (Å²) >= 11 is 1.16. The predicted octanol–water partition coefficient (Wildman–Crippen LogP) is 3.42.